The predicted molar refractivity (Wildman–Crippen MR) is 63.5 cm³/mol. The summed E-state index contributed by atoms with van der Waals surface area (Å²) < 4.78 is 27.1. The van der Waals surface area contributed by atoms with Crippen LogP contribution in [0.15, 0.2) is 12.1 Å². The van der Waals surface area contributed by atoms with Crippen LogP contribution < -0.4 is 5.73 Å². The van der Waals surface area contributed by atoms with Crippen LogP contribution in [0.3, 0.4) is 0 Å². The van der Waals surface area contributed by atoms with E-state index >= 15 is 0 Å². The summed E-state index contributed by atoms with van der Waals surface area (Å²) in [7, 11) is 0. The molecule has 2 N–H and O–H groups in total. The van der Waals surface area contributed by atoms with E-state index in [-0.39, 0.29) is 5.25 Å². The second kappa shape index (κ2) is 4.72. The Morgan fingerprint density at radius 3 is 2.75 bits per heavy atom. The summed E-state index contributed by atoms with van der Waals surface area (Å²) in [5, 5.41) is 0.219. The van der Waals surface area contributed by atoms with Gasteiger partial charge >= 0.3 is 0 Å². The van der Waals surface area contributed by atoms with Crippen LogP contribution in [0.5, 0.6) is 0 Å². The first-order valence-corrected chi connectivity index (χ1v) is 6.48. The minimum absolute atomic E-state index is 0.219. The first kappa shape index (κ1) is 11.9. The maximum atomic E-state index is 13.7. The highest BCUT2D eigenvalue weighted by molar-refractivity contribution is 8.00. The Kier molecular flexibility index (Phi) is 3.50. The highest BCUT2D eigenvalue weighted by Crippen LogP contribution is 2.35. The molecule has 1 heterocycles. The van der Waals surface area contributed by atoms with E-state index in [1.165, 1.54) is 0 Å². The van der Waals surface area contributed by atoms with Gasteiger partial charge in [0.1, 0.15) is 0 Å². The fourth-order valence-electron chi connectivity index (χ4n) is 2.00. The van der Waals surface area contributed by atoms with Gasteiger partial charge in [-0.2, -0.15) is 11.8 Å². The Morgan fingerprint density at radius 2 is 2.12 bits per heavy atom. The molecule has 2 unspecified atom stereocenters. The first-order chi connectivity index (χ1) is 7.61. The number of hydrogen-bond donors (Lipinski definition) is 1. The smallest absolute Gasteiger partial charge is 0.163 e. The summed E-state index contributed by atoms with van der Waals surface area (Å²) in [6.07, 6.45) is 2.10. The van der Waals surface area contributed by atoms with Crippen LogP contribution in [0, 0.1) is 18.6 Å². The molecule has 0 aliphatic carbocycles. The molecule has 2 atom stereocenters. The number of hydrogen-bond acceptors (Lipinski definition) is 2. The maximum Gasteiger partial charge on any atom is 0.163 e. The summed E-state index contributed by atoms with van der Waals surface area (Å²) in [6, 6.07) is 2.80. The molecule has 0 saturated carbocycles. The number of aryl methyl sites for hydroxylation is 1. The third-order valence-electron chi connectivity index (χ3n) is 3.03. The zero-order valence-electron chi connectivity index (χ0n) is 9.17. The number of halogens is 2. The van der Waals surface area contributed by atoms with Crippen LogP contribution in [0.4, 0.5) is 8.78 Å². The number of nitrogens with two attached hydrogens (primary N) is 1. The van der Waals surface area contributed by atoms with Crippen LogP contribution in [-0.4, -0.2) is 11.0 Å². The van der Waals surface area contributed by atoms with Crippen molar-refractivity contribution in [2.75, 3.05) is 5.75 Å². The predicted octanol–water partition coefficient (Wildman–Crippen LogP) is 3.17. The Bertz CT molecular complexity index is 389. The summed E-state index contributed by atoms with van der Waals surface area (Å²) in [5.74, 6) is -0.482. The lowest BCUT2D eigenvalue weighted by Gasteiger charge is -2.19. The third kappa shape index (κ3) is 2.09. The molecule has 0 bridgehead atoms. The van der Waals surface area contributed by atoms with E-state index in [4.69, 9.17) is 5.73 Å². The van der Waals surface area contributed by atoms with Crippen LogP contribution in [0.25, 0.3) is 0 Å². The fraction of sp³-hybridized carbons (Fsp3) is 0.500. The Labute approximate surface area is 98.4 Å². The Balaban J connectivity index is 2.29. The quantitative estimate of drug-likeness (QED) is 0.863. The highest BCUT2D eigenvalue weighted by Gasteiger charge is 2.27. The Hall–Kier alpha value is -0.610. The topological polar surface area (TPSA) is 26.0 Å². The molecule has 1 aliphatic heterocycles. The van der Waals surface area contributed by atoms with E-state index < -0.39 is 17.7 Å². The normalized spacial score (nSPS) is 22.4. The van der Waals surface area contributed by atoms with E-state index in [1.54, 1.807) is 30.8 Å². The lowest BCUT2D eigenvalue weighted by atomic mass is 9.99. The summed E-state index contributed by atoms with van der Waals surface area (Å²) in [4.78, 5) is 0. The number of benzene rings is 1. The van der Waals surface area contributed by atoms with Gasteiger partial charge in [-0.05, 0) is 31.1 Å². The molecule has 1 nitrogen and oxygen atoms in total. The van der Waals surface area contributed by atoms with Crippen molar-refractivity contribution in [3.8, 4) is 0 Å². The van der Waals surface area contributed by atoms with E-state index in [2.05, 4.69) is 0 Å². The van der Waals surface area contributed by atoms with Crippen molar-refractivity contribution in [1.29, 1.82) is 0 Å². The largest absolute Gasteiger partial charge is 0.323 e. The van der Waals surface area contributed by atoms with Crippen LogP contribution in [0.1, 0.15) is 30.0 Å². The molecular weight excluding hydrogens is 228 g/mol. The van der Waals surface area contributed by atoms with Gasteiger partial charge in [0.15, 0.2) is 11.6 Å². The van der Waals surface area contributed by atoms with Gasteiger partial charge in [0.05, 0.1) is 0 Å². The monoisotopic (exact) mass is 243 g/mol. The molecule has 1 aliphatic rings. The molecule has 2 rings (SSSR count). The summed E-state index contributed by atoms with van der Waals surface area (Å²) in [6.45, 7) is 1.55. The van der Waals surface area contributed by atoms with Gasteiger partial charge in [0.25, 0.3) is 0 Å². The minimum Gasteiger partial charge on any atom is -0.323 e. The summed E-state index contributed by atoms with van der Waals surface area (Å²) in [5.41, 5.74) is 6.63. The molecule has 4 heteroatoms. The second-order valence-electron chi connectivity index (χ2n) is 4.18. The molecule has 1 fully saturated rings. The lowest BCUT2D eigenvalue weighted by Crippen LogP contribution is -2.23. The van der Waals surface area contributed by atoms with E-state index in [9.17, 15) is 8.78 Å². The average Bonchev–Trinajstić information content (AvgIpc) is 2.79. The number of rotatable bonds is 2. The highest BCUT2D eigenvalue weighted by atomic mass is 32.2. The molecule has 1 saturated heterocycles. The summed E-state index contributed by atoms with van der Waals surface area (Å²) >= 11 is 1.75. The molecular formula is C12H15F2NS. The molecule has 1 aromatic rings. The molecule has 1 aromatic carbocycles. The van der Waals surface area contributed by atoms with Crippen molar-refractivity contribution >= 4 is 11.8 Å². The van der Waals surface area contributed by atoms with Gasteiger partial charge in [-0.25, -0.2) is 8.78 Å². The van der Waals surface area contributed by atoms with Crippen LogP contribution in [0.2, 0.25) is 0 Å². The lowest BCUT2D eigenvalue weighted by molar-refractivity contribution is 0.480. The van der Waals surface area contributed by atoms with Crippen molar-refractivity contribution in [2.24, 2.45) is 5.73 Å². The van der Waals surface area contributed by atoms with E-state index in [1.807, 2.05) is 0 Å². The molecule has 0 spiro atoms. The molecule has 88 valence electrons. The van der Waals surface area contributed by atoms with Crippen molar-refractivity contribution in [3.63, 3.8) is 0 Å². The van der Waals surface area contributed by atoms with Gasteiger partial charge < -0.3 is 5.73 Å². The first-order valence-electron chi connectivity index (χ1n) is 5.43. The van der Waals surface area contributed by atoms with Gasteiger partial charge in [0, 0.05) is 16.9 Å². The average molecular weight is 243 g/mol. The molecule has 0 amide bonds. The van der Waals surface area contributed by atoms with Crippen molar-refractivity contribution in [2.45, 2.75) is 31.1 Å². The van der Waals surface area contributed by atoms with Crippen LogP contribution >= 0.6 is 11.8 Å². The van der Waals surface area contributed by atoms with Crippen molar-refractivity contribution in [1.82, 2.24) is 0 Å². The molecule has 0 aromatic heterocycles. The van der Waals surface area contributed by atoms with Gasteiger partial charge in [-0.15, -0.1) is 0 Å². The zero-order valence-corrected chi connectivity index (χ0v) is 9.99. The third-order valence-corrected chi connectivity index (χ3v) is 4.51. The van der Waals surface area contributed by atoms with Crippen molar-refractivity contribution < 1.29 is 8.78 Å². The second-order valence-corrected chi connectivity index (χ2v) is 5.52. The maximum absolute atomic E-state index is 13.7. The van der Waals surface area contributed by atoms with Gasteiger partial charge in [0.2, 0.25) is 0 Å². The molecule has 0 radical (unpaired) electrons. The van der Waals surface area contributed by atoms with E-state index in [0.717, 1.165) is 18.6 Å². The van der Waals surface area contributed by atoms with Gasteiger partial charge in [-0.3, -0.25) is 0 Å². The number of thioether (sulfide) groups is 1. The van der Waals surface area contributed by atoms with Crippen LogP contribution in [-0.2, 0) is 0 Å². The van der Waals surface area contributed by atoms with Crippen molar-refractivity contribution in [3.05, 3.63) is 34.9 Å². The minimum atomic E-state index is -0.778. The van der Waals surface area contributed by atoms with Gasteiger partial charge in [-0.1, -0.05) is 12.1 Å². The Morgan fingerprint density at radius 1 is 1.38 bits per heavy atom. The SMILES string of the molecule is Cc1ccc(C(N)C2CCCS2)c(F)c1F. The van der Waals surface area contributed by atoms with E-state index in [0.29, 0.717) is 11.1 Å². The standard InChI is InChI=1S/C12H15F2NS/c1-7-4-5-8(11(14)10(7)13)12(15)9-3-2-6-16-9/h4-5,9,12H,2-3,6,15H2,1H3. The molecule has 16 heavy (non-hydrogen) atoms. The zero-order chi connectivity index (χ0) is 11.7. The fourth-order valence-corrected chi connectivity index (χ4v) is 3.33.